The molecule has 0 aliphatic heterocycles. The molecule has 0 unspecified atom stereocenters. The van der Waals surface area contributed by atoms with Gasteiger partial charge in [0.1, 0.15) is 11.5 Å². The third-order valence-electron chi connectivity index (χ3n) is 3.57. The smallest absolute Gasteiger partial charge is 0.270 e. The summed E-state index contributed by atoms with van der Waals surface area (Å²) in [5, 5.41) is 0. The highest BCUT2D eigenvalue weighted by atomic mass is 19.3. The molecule has 0 amide bonds. The van der Waals surface area contributed by atoms with Crippen LogP contribution in [0.5, 0.6) is 11.5 Å². The Kier molecular flexibility index (Phi) is 5.42. The zero-order chi connectivity index (χ0) is 17.5. The molecule has 0 saturated heterocycles. The van der Waals surface area contributed by atoms with Crippen LogP contribution in [-0.4, -0.2) is 6.79 Å². The van der Waals surface area contributed by atoms with Crippen molar-refractivity contribution in [3.8, 4) is 22.6 Å². The van der Waals surface area contributed by atoms with E-state index in [1.807, 2.05) is 66.7 Å². The van der Waals surface area contributed by atoms with Crippen molar-refractivity contribution >= 4 is 6.08 Å². The van der Waals surface area contributed by atoms with Gasteiger partial charge in [-0.3, -0.25) is 0 Å². The fraction of sp³-hybridized carbons (Fsp3) is 0.0476. The largest absolute Gasteiger partial charge is 0.458 e. The molecule has 126 valence electrons. The molecule has 3 rings (SSSR count). The summed E-state index contributed by atoms with van der Waals surface area (Å²) in [6, 6.07) is 23.9. The average Bonchev–Trinajstić information content (AvgIpc) is 2.63. The van der Waals surface area contributed by atoms with Crippen molar-refractivity contribution < 1.29 is 18.3 Å². The maximum Gasteiger partial charge on any atom is 0.270 e. The van der Waals surface area contributed by atoms with Gasteiger partial charge in [-0.05, 0) is 41.0 Å². The predicted molar refractivity (Wildman–Crippen MR) is 94.6 cm³/mol. The second-order valence-electron chi connectivity index (χ2n) is 5.30. The van der Waals surface area contributed by atoms with E-state index < -0.39 is 6.08 Å². The van der Waals surface area contributed by atoms with Gasteiger partial charge >= 0.3 is 0 Å². The molecule has 3 aromatic carbocycles. The lowest BCUT2D eigenvalue weighted by Crippen LogP contribution is -2.05. The second kappa shape index (κ2) is 8.11. The van der Waals surface area contributed by atoms with Crippen LogP contribution in [0.1, 0.15) is 5.56 Å². The molecule has 3 aromatic rings. The summed E-state index contributed by atoms with van der Waals surface area (Å²) >= 11 is 0. The minimum absolute atomic E-state index is 0.124. The maximum absolute atomic E-state index is 12.2. The van der Waals surface area contributed by atoms with Crippen molar-refractivity contribution in [2.24, 2.45) is 0 Å². The van der Waals surface area contributed by atoms with E-state index in [2.05, 4.69) is 0 Å². The first kappa shape index (κ1) is 16.7. The first-order valence-electron chi connectivity index (χ1n) is 7.74. The van der Waals surface area contributed by atoms with Crippen LogP contribution in [0.4, 0.5) is 8.78 Å². The van der Waals surface area contributed by atoms with Crippen molar-refractivity contribution in [3.63, 3.8) is 0 Å². The van der Waals surface area contributed by atoms with Gasteiger partial charge in [-0.1, -0.05) is 54.6 Å². The molecule has 0 spiro atoms. The number of para-hydroxylation sites is 1. The van der Waals surface area contributed by atoms with Gasteiger partial charge < -0.3 is 9.47 Å². The third kappa shape index (κ3) is 4.91. The zero-order valence-corrected chi connectivity index (χ0v) is 13.4. The number of halogens is 2. The molecule has 0 bridgehead atoms. The van der Waals surface area contributed by atoms with E-state index in [-0.39, 0.29) is 6.79 Å². The lowest BCUT2D eigenvalue weighted by Gasteiger charge is -2.09. The van der Waals surface area contributed by atoms with Crippen molar-refractivity contribution in [1.82, 2.24) is 0 Å². The molecular formula is C21H16F2O2. The number of benzene rings is 3. The van der Waals surface area contributed by atoms with Gasteiger partial charge in [0.05, 0.1) is 0 Å². The van der Waals surface area contributed by atoms with Crippen LogP contribution < -0.4 is 9.47 Å². The number of hydrogen-bond donors (Lipinski definition) is 0. The molecule has 0 aliphatic rings. The van der Waals surface area contributed by atoms with E-state index in [0.29, 0.717) is 11.3 Å². The van der Waals surface area contributed by atoms with E-state index in [0.717, 1.165) is 23.0 Å². The topological polar surface area (TPSA) is 18.5 Å². The van der Waals surface area contributed by atoms with Crippen LogP contribution in [0, 0.1) is 0 Å². The number of hydrogen-bond acceptors (Lipinski definition) is 2. The van der Waals surface area contributed by atoms with E-state index in [4.69, 9.17) is 9.47 Å². The molecule has 0 saturated carbocycles. The van der Waals surface area contributed by atoms with Crippen molar-refractivity contribution in [3.05, 3.63) is 90.5 Å². The summed E-state index contributed by atoms with van der Waals surface area (Å²) in [5.41, 5.74) is 2.40. The zero-order valence-electron chi connectivity index (χ0n) is 13.4. The Morgan fingerprint density at radius 2 is 1.20 bits per heavy atom. The highest BCUT2D eigenvalue weighted by Gasteiger charge is 2.00. The highest BCUT2D eigenvalue weighted by molar-refractivity contribution is 5.66. The molecule has 0 N–H and O–H groups in total. The van der Waals surface area contributed by atoms with Crippen LogP contribution in [0.15, 0.2) is 84.9 Å². The molecule has 0 aliphatic carbocycles. The SMILES string of the molecule is FC(F)=Cc1ccc(-c2ccc(OCOc3ccccc3)cc2)cc1. The molecule has 2 nitrogen and oxygen atoms in total. The van der Waals surface area contributed by atoms with Crippen LogP contribution in [0.2, 0.25) is 0 Å². The minimum Gasteiger partial charge on any atom is -0.458 e. The number of rotatable bonds is 6. The molecule has 0 fully saturated rings. The molecule has 0 atom stereocenters. The van der Waals surface area contributed by atoms with Crippen LogP contribution in [0.25, 0.3) is 17.2 Å². The van der Waals surface area contributed by atoms with E-state index in [1.165, 1.54) is 0 Å². The molecule has 25 heavy (non-hydrogen) atoms. The Morgan fingerprint density at radius 1 is 0.680 bits per heavy atom. The highest BCUT2D eigenvalue weighted by Crippen LogP contribution is 2.23. The standard InChI is InChI=1S/C21H16F2O2/c22-21(23)14-16-6-8-17(9-7-16)18-10-12-20(13-11-18)25-15-24-19-4-2-1-3-5-19/h1-14H,15H2. The molecule has 0 aromatic heterocycles. The summed E-state index contributed by atoms with van der Waals surface area (Å²) in [4.78, 5) is 0. The molecule has 0 radical (unpaired) electrons. The molecular weight excluding hydrogens is 322 g/mol. The first-order chi connectivity index (χ1) is 12.2. The van der Waals surface area contributed by atoms with Gasteiger partial charge in [0, 0.05) is 6.08 Å². The summed E-state index contributed by atoms with van der Waals surface area (Å²) in [6.07, 6.45) is -0.861. The fourth-order valence-corrected chi connectivity index (χ4v) is 2.32. The van der Waals surface area contributed by atoms with Crippen molar-refractivity contribution in [2.45, 2.75) is 0 Å². The summed E-state index contributed by atoms with van der Waals surface area (Å²) in [6.45, 7) is 0.124. The Hall–Kier alpha value is -3.14. The third-order valence-corrected chi connectivity index (χ3v) is 3.57. The van der Waals surface area contributed by atoms with Gasteiger partial charge in [-0.2, -0.15) is 8.78 Å². The maximum atomic E-state index is 12.2. The average molecular weight is 338 g/mol. The summed E-state index contributed by atoms with van der Waals surface area (Å²) in [5.74, 6) is 1.44. The van der Waals surface area contributed by atoms with Gasteiger partial charge in [0.25, 0.3) is 6.08 Å². The van der Waals surface area contributed by atoms with Gasteiger partial charge in [-0.25, -0.2) is 0 Å². The van der Waals surface area contributed by atoms with Crippen molar-refractivity contribution in [2.75, 3.05) is 6.79 Å². The van der Waals surface area contributed by atoms with Crippen LogP contribution in [0.3, 0.4) is 0 Å². The Balaban J connectivity index is 1.59. The lowest BCUT2D eigenvalue weighted by molar-refractivity contribution is 0.120. The van der Waals surface area contributed by atoms with Gasteiger partial charge in [0.15, 0.2) is 0 Å². The summed E-state index contributed by atoms with van der Waals surface area (Å²) in [7, 11) is 0. The second-order valence-corrected chi connectivity index (χ2v) is 5.30. The lowest BCUT2D eigenvalue weighted by atomic mass is 10.0. The Morgan fingerprint density at radius 3 is 1.76 bits per heavy atom. The molecule has 4 heteroatoms. The Bertz CT molecular complexity index is 822. The number of ether oxygens (including phenoxy) is 2. The quantitative estimate of drug-likeness (QED) is 0.513. The van der Waals surface area contributed by atoms with Crippen LogP contribution in [-0.2, 0) is 0 Å². The van der Waals surface area contributed by atoms with Gasteiger partial charge in [-0.15, -0.1) is 0 Å². The first-order valence-corrected chi connectivity index (χ1v) is 7.74. The van der Waals surface area contributed by atoms with E-state index in [1.54, 1.807) is 12.1 Å². The van der Waals surface area contributed by atoms with E-state index >= 15 is 0 Å². The fourth-order valence-electron chi connectivity index (χ4n) is 2.32. The normalized spacial score (nSPS) is 10.2. The van der Waals surface area contributed by atoms with Crippen LogP contribution >= 0.6 is 0 Å². The van der Waals surface area contributed by atoms with Gasteiger partial charge in [0.2, 0.25) is 6.79 Å². The minimum atomic E-state index is -1.70. The van der Waals surface area contributed by atoms with Crippen molar-refractivity contribution in [1.29, 1.82) is 0 Å². The Labute approximate surface area is 145 Å². The summed E-state index contributed by atoms with van der Waals surface area (Å²) < 4.78 is 35.5. The molecule has 0 heterocycles. The van der Waals surface area contributed by atoms with E-state index in [9.17, 15) is 8.78 Å². The predicted octanol–water partition coefficient (Wildman–Crippen LogP) is 6.01. The monoisotopic (exact) mass is 338 g/mol.